The number of hydrogen-bond donors (Lipinski definition) is 1. The van der Waals surface area contributed by atoms with Crippen molar-refractivity contribution in [2.45, 2.75) is 12.8 Å². The fourth-order valence-corrected chi connectivity index (χ4v) is 5.18. The number of nitrogens with zero attached hydrogens (tertiary/aromatic N) is 2. The van der Waals surface area contributed by atoms with Crippen LogP contribution in [-0.4, -0.2) is 28.1 Å². The minimum Gasteiger partial charge on any atom is -0.506 e. The lowest BCUT2D eigenvalue weighted by Crippen LogP contribution is -2.38. The van der Waals surface area contributed by atoms with Gasteiger partial charge in [0.05, 0.1) is 27.0 Å². The summed E-state index contributed by atoms with van der Waals surface area (Å²) in [4.78, 5) is 25.3. The number of fused-ring (bicyclic) bond motifs is 1. The quantitative estimate of drug-likeness (QED) is 0.423. The van der Waals surface area contributed by atoms with Gasteiger partial charge in [0.2, 0.25) is 0 Å². The van der Waals surface area contributed by atoms with Crippen LogP contribution in [0.4, 0.5) is 0 Å². The number of phenols is 1. The van der Waals surface area contributed by atoms with Gasteiger partial charge in [-0.1, -0.05) is 12.2 Å². The third-order valence-corrected chi connectivity index (χ3v) is 6.31. The van der Waals surface area contributed by atoms with Crippen LogP contribution in [0.2, 0.25) is 0 Å². The maximum atomic E-state index is 12.6. The molecule has 1 aromatic carbocycles. The molecule has 124 valence electrons. The predicted molar refractivity (Wildman–Crippen MR) is 95.3 cm³/mol. The van der Waals surface area contributed by atoms with Gasteiger partial charge in [0.1, 0.15) is 5.75 Å². The molecule has 0 spiro atoms. The number of rotatable bonds is 2. The number of hydrogen-bond acceptors (Lipinski definition) is 4. The highest BCUT2D eigenvalue weighted by molar-refractivity contribution is 9.11. The standard InChI is InChI=1S/C17H14Br2N2O3/c18-11-5-8(6-12(19)15(11)22)7-20-21-16(23)13-9-1-2-10(4-3-9)14(13)17(21)24/h1-2,5-7,9-10,13-14,22H,3-4H2/b20-7+. The molecule has 1 aromatic rings. The summed E-state index contributed by atoms with van der Waals surface area (Å²) in [5.74, 6) is -0.487. The highest BCUT2D eigenvalue weighted by Gasteiger charge is 2.56. The number of allylic oxidation sites excluding steroid dienone is 2. The lowest BCUT2D eigenvalue weighted by atomic mass is 9.63. The van der Waals surface area contributed by atoms with Gasteiger partial charge in [0.15, 0.2) is 0 Å². The van der Waals surface area contributed by atoms with Crippen molar-refractivity contribution < 1.29 is 14.7 Å². The average Bonchev–Trinajstić information content (AvgIpc) is 2.85. The molecular weight excluding hydrogens is 440 g/mol. The predicted octanol–water partition coefficient (Wildman–Crippen LogP) is 3.45. The van der Waals surface area contributed by atoms with E-state index in [9.17, 15) is 14.7 Å². The summed E-state index contributed by atoms with van der Waals surface area (Å²) in [6.45, 7) is 0. The summed E-state index contributed by atoms with van der Waals surface area (Å²) < 4.78 is 1.02. The molecule has 5 nitrogen and oxygen atoms in total. The lowest BCUT2D eigenvalue weighted by molar-refractivity contribution is -0.140. The van der Waals surface area contributed by atoms with Crippen LogP contribution in [0.3, 0.4) is 0 Å². The van der Waals surface area contributed by atoms with Crippen LogP contribution in [0.1, 0.15) is 18.4 Å². The highest BCUT2D eigenvalue weighted by Crippen LogP contribution is 2.49. The smallest absolute Gasteiger partial charge is 0.254 e. The van der Waals surface area contributed by atoms with Gasteiger partial charge in [0.25, 0.3) is 11.8 Å². The van der Waals surface area contributed by atoms with Crippen LogP contribution in [-0.2, 0) is 9.59 Å². The van der Waals surface area contributed by atoms with Crippen molar-refractivity contribution in [1.82, 2.24) is 5.01 Å². The van der Waals surface area contributed by atoms with Gasteiger partial charge >= 0.3 is 0 Å². The summed E-state index contributed by atoms with van der Waals surface area (Å²) >= 11 is 6.50. The van der Waals surface area contributed by atoms with Crippen LogP contribution < -0.4 is 0 Å². The number of amides is 2. The highest BCUT2D eigenvalue weighted by atomic mass is 79.9. The molecule has 7 heteroatoms. The van der Waals surface area contributed by atoms with E-state index in [1.807, 2.05) is 0 Å². The van der Waals surface area contributed by atoms with E-state index in [0.29, 0.717) is 14.5 Å². The van der Waals surface area contributed by atoms with Gasteiger partial charge < -0.3 is 5.11 Å². The van der Waals surface area contributed by atoms with Crippen LogP contribution in [0, 0.1) is 23.7 Å². The van der Waals surface area contributed by atoms with Gasteiger partial charge in [0, 0.05) is 0 Å². The normalized spacial score (nSPS) is 31.3. The SMILES string of the molecule is O=C1C2C3C=CC(CC3)C2C(=O)N1/N=C/c1cc(Br)c(O)c(Br)c1. The first-order chi connectivity index (χ1) is 11.5. The summed E-state index contributed by atoms with van der Waals surface area (Å²) in [6, 6.07) is 3.35. The van der Waals surface area contributed by atoms with Gasteiger partial charge in [-0.25, -0.2) is 0 Å². The minimum atomic E-state index is -0.253. The first-order valence-electron chi connectivity index (χ1n) is 7.75. The molecule has 0 aromatic heterocycles. The molecule has 4 unspecified atom stereocenters. The van der Waals surface area contributed by atoms with E-state index in [-0.39, 0.29) is 41.2 Å². The number of carbonyl (C=O) groups is 2. The molecular formula is C17H14Br2N2O3. The van der Waals surface area contributed by atoms with Crippen molar-refractivity contribution in [3.63, 3.8) is 0 Å². The molecule has 0 radical (unpaired) electrons. The number of imide groups is 1. The Labute approximate surface area is 155 Å². The molecule has 1 N–H and O–H groups in total. The van der Waals surface area contributed by atoms with E-state index < -0.39 is 0 Å². The first kappa shape index (κ1) is 16.0. The summed E-state index contributed by atoms with van der Waals surface area (Å²) in [5, 5.41) is 14.9. The van der Waals surface area contributed by atoms with Crippen LogP contribution in [0.25, 0.3) is 0 Å². The maximum Gasteiger partial charge on any atom is 0.254 e. The fraction of sp³-hybridized carbons (Fsp3) is 0.353. The number of hydrazone groups is 1. The molecule has 3 aliphatic carbocycles. The molecule has 24 heavy (non-hydrogen) atoms. The number of benzene rings is 1. The van der Waals surface area contributed by atoms with Crippen molar-refractivity contribution in [3.05, 3.63) is 38.8 Å². The van der Waals surface area contributed by atoms with E-state index in [4.69, 9.17) is 0 Å². The zero-order chi connectivity index (χ0) is 17.0. The Kier molecular flexibility index (Phi) is 3.88. The van der Waals surface area contributed by atoms with Crippen LogP contribution in [0.5, 0.6) is 5.75 Å². The number of aromatic hydroxyl groups is 1. The van der Waals surface area contributed by atoms with Crippen molar-refractivity contribution in [2.75, 3.05) is 0 Å². The maximum absolute atomic E-state index is 12.6. The van der Waals surface area contributed by atoms with Crippen LogP contribution >= 0.6 is 31.9 Å². The Morgan fingerprint density at radius 2 is 1.54 bits per heavy atom. The van der Waals surface area contributed by atoms with Crippen molar-refractivity contribution in [3.8, 4) is 5.75 Å². The summed E-state index contributed by atoms with van der Waals surface area (Å²) in [5.41, 5.74) is 0.670. The van der Waals surface area contributed by atoms with E-state index in [1.54, 1.807) is 12.1 Å². The first-order valence-corrected chi connectivity index (χ1v) is 9.34. The van der Waals surface area contributed by atoms with E-state index in [1.165, 1.54) is 6.21 Å². The van der Waals surface area contributed by atoms with Gasteiger partial charge in [-0.2, -0.15) is 10.1 Å². The number of halogens is 2. The van der Waals surface area contributed by atoms with Gasteiger partial charge in [-0.3, -0.25) is 9.59 Å². The van der Waals surface area contributed by atoms with E-state index >= 15 is 0 Å². The molecule has 1 saturated heterocycles. The monoisotopic (exact) mass is 452 g/mol. The third kappa shape index (κ3) is 2.37. The Morgan fingerprint density at radius 3 is 2.00 bits per heavy atom. The second-order valence-electron chi connectivity index (χ2n) is 6.41. The van der Waals surface area contributed by atoms with E-state index in [2.05, 4.69) is 49.1 Å². The fourth-order valence-electron chi connectivity index (χ4n) is 3.96. The van der Waals surface area contributed by atoms with Crippen molar-refractivity contribution in [1.29, 1.82) is 0 Å². The molecule has 2 amide bonds. The van der Waals surface area contributed by atoms with Gasteiger partial charge in [-0.15, -0.1) is 0 Å². The number of carbonyl (C=O) groups excluding carboxylic acids is 2. The largest absolute Gasteiger partial charge is 0.506 e. The summed E-state index contributed by atoms with van der Waals surface area (Å²) in [6.07, 6.45) is 7.58. The van der Waals surface area contributed by atoms with Crippen molar-refractivity contribution >= 4 is 49.9 Å². The molecule has 4 atom stereocenters. The Morgan fingerprint density at radius 1 is 1.04 bits per heavy atom. The molecule has 4 aliphatic rings. The molecule has 1 heterocycles. The molecule has 1 saturated carbocycles. The molecule has 1 aliphatic heterocycles. The van der Waals surface area contributed by atoms with E-state index in [0.717, 1.165) is 17.9 Å². The molecule has 5 rings (SSSR count). The topological polar surface area (TPSA) is 70.0 Å². The lowest BCUT2D eigenvalue weighted by Gasteiger charge is -2.37. The Hall–Kier alpha value is -1.47. The zero-order valence-electron chi connectivity index (χ0n) is 12.5. The number of phenolic OH excluding ortho intramolecular Hbond substituents is 1. The average molecular weight is 454 g/mol. The third-order valence-electron chi connectivity index (χ3n) is 5.10. The second kappa shape index (κ2) is 5.81. The van der Waals surface area contributed by atoms with Gasteiger partial charge in [-0.05, 0) is 74.2 Å². The minimum absolute atomic E-state index is 0.0918. The Bertz CT molecular complexity index is 750. The van der Waals surface area contributed by atoms with Crippen molar-refractivity contribution in [2.24, 2.45) is 28.8 Å². The zero-order valence-corrected chi connectivity index (χ0v) is 15.7. The van der Waals surface area contributed by atoms with Crippen LogP contribution in [0.15, 0.2) is 38.3 Å². The Balaban J connectivity index is 1.62. The summed E-state index contributed by atoms with van der Waals surface area (Å²) in [7, 11) is 0. The molecule has 2 fully saturated rings. The molecule has 2 bridgehead atoms. The second-order valence-corrected chi connectivity index (χ2v) is 8.12.